The Hall–Kier alpha value is -1.30. The maximum atomic E-state index is 12.7. The average Bonchev–Trinajstić information content (AvgIpc) is 3.61. The number of methoxy groups -OCH3 is 1. The molecular weight excluding hydrogens is 426 g/mol. The monoisotopic (exact) mass is 476 g/mol. The third-order valence-corrected chi connectivity index (χ3v) is 11.1. The minimum Gasteiger partial charge on any atom is -0.504 e. The number of nitrogens with zero attached hydrogens (tertiary/aromatic N) is 1. The summed E-state index contributed by atoms with van der Waals surface area (Å²) < 4.78 is 89.1. The lowest BCUT2D eigenvalue weighted by Gasteiger charge is -2.75. The standard InChI is InChI=1S/C29H41NO4/c1-25(2,3)26(4,32)20-15-27-10-11-29(20,33-5)24-28(27)12-13-30(16-17-6-7-17)21(27)14-18-8-9-19(31)23(34-24)22(18)28/h8-9,17,20-21,24,31-32H,6-7,10-16H2,1-5H3/t20-,21-,24-,26+,27-,28+,29-/m1/s1/i1D3,2D3,3D3. The smallest absolute Gasteiger partial charge is 0.165 e. The molecule has 5 heteroatoms. The summed E-state index contributed by atoms with van der Waals surface area (Å²) in [7, 11) is 1.45. The lowest BCUT2D eigenvalue weighted by atomic mass is 9.33. The molecule has 2 N–H and O–H groups in total. The fourth-order valence-corrected chi connectivity index (χ4v) is 9.32. The zero-order valence-corrected chi connectivity index (χ0v) is 20.0. The molecule has 0 unspecified atom stereocenters. The number of phenols is 1. The third kappa shape index (κ3) is 2.25. The van der Waals surface area contributed by atoms with E-state index in [2.05, 4.69) is 4.90 Å². The number of hydrogen-bond donors (Lipinski definition) is 2. The molecule has 2 heterocycles. The second-order valence-electron chi connectivity index (χ2n) is 12.3. The van der Waals surface area contributed by atoms with Crippen LogP contribution in [0.3, 0.4) is 0 Å². The van der Waals surface area contributed by atoms with Gasteiger partial charge in [0.15, 0.2) is 11.5 Å². The number of ether oxygens (including phenoxy) is 2. The molecule has 7 atom stereocenters. The van der Waals surface area contributed by atoms with Crippen molar-refractivity contribution in [2.24, 2.45) is 22.7 Å². The second kappa shape index (κ2) is 6.33. The molecule has 4 saturated carbocycles. The van der Waals surface area contributed by atoms with Crippen LogP contribution in [0.25, 0.3) is 0 Å². The van der Waals surface area contributed by atoms with Crippen molar-refractivity contribution in [2.75, 3.05) is 20.2 Å². The van der Waals surface area contributed by atoms with Crippen molar-refractivity contribution in [3.05, 3.63) is 23.3 Å². The normalized spacial score (nSPS) is 48.9. The molecule has 0 amide bonds. The first kappa shape index (κ1) is 14.4. The maximum Gasteiger partial charge on any atom is 0.165 e. The lowest BCUT2D eigenvalue weighted by molar-refractivity contribution is -0.312. The quantitative estimate of drug-likeness (QED) is 0.674. The number of fused-ring (bicyclic) bond motifs is 2. The van der Waals surface area contributed by atoms with Crippen LogP contribution < -0.4 is 4.74 Å². The molecule has 34 heavy (non-hydrogen) atoms. The van der Waals surface area contributed by atoms with Crippen molar-refractivity contribution in [3.8, 4) is 11.5 Å². The van der Waals surface area contributed by atoms with E-state index in [4.69, 9.17) is 21.8 Å². The molecule has 0 aromatic heterocycles. The molecule has 7 aliphatic rings. The summed E-state index contributed by atoms with van der Waals surface area (Å²) in [6, 6.07) is 3.59. The Balaban J connectivity index is 1.49. The van der Waals surface area contributed by atoms with Gasteiger partial charge in [-0.3, -0.25) is 4.90 Å². The Bertz CT molecular complexity index is 1320. The van der Waals surface area contributed by atoms with Crippen LogP contribution in [0.2, 0.25) is 0 Å². The summed E-state index contributed by atoms with van der Waals surface area (Å²) in [5.74, 6) is -0.235. The average molecular weight is 477 g/mol. The van der Waals surface area contributed by atoms with E-state index >= 15 is 0 Å². The van der Waals surface area contributed by atoms with Gasteiger partial charge in [0.2, 0.25) is 0 Å². The van der Waals surface area contributed by atoms with Crippen LogP contribution in [-0.2, 0) is 16.6 Å². The molecule has 5 nitrogen and oxygen atoms in total. The van der Waals surface area contributed by atoms with E-state index in [1.807, 2.05) is 6.07 Å². The van der Waals surface area contributed by atoms with Gasteiger partial charge in [-0.05, 0) is 81.4 Å². The molecule has 1 saturated heterocycles. The fraction of sp³-hybridized carbons (Fsp3) is 0.793. The van der Waals surface area contributed by atoms with Crippen LogP contribution in [-0.4, -0.2) is 58.7 Å². The number of hydrogen-bond acceptors (Lipinski definition) is 5. The van der Waals surface area contributed by atoms with Crippen molar-refractivity contribution in [3.63, 3.8) is 0 Å². The SMILES string of the molecule is [2H]C([2H])([2H])C(C([2H])([2H])[2H])(C([2H])([2H])[2H])[C@@](C)(O)[C@H]1C[C@@]23CC[C@]1(OC)[C@@H]1Oc4c(O)ccc5c4[C@@]12CCN(CC1CC1)[C@@H]3C5. The Morgan fingerprint density at radius 2 is 2.03 bits per heavy atom. The summed E-state index contributed by atoms with van der Waals surface area (Å²) in [5.41, 5.74) is -6.83. The highest BCUT2D eigenvalue weighted by Crippen LogP contribution is 2.78. The van der Waals surface area contributed by atoms with Crippen molar-refractivity contribution < 1.29 is 32.0 Å². The van der Waals surface area contributed by atoms with Crippen molar-refractivity contribution in [1.82, 2.24) is 4.90 Å². The van der Waals surface area contributed by atoms with Crippen molar-refractivity contribution in [2.45, 2.75) is 101 Å². The summed E-state index contributed by atoms with van der Waals surface area (Å²) in [5, 5.41) is 23.8. The van der Waals surface area contributed by atoms with Gasteiger partial charge < -0.3 is 19.7 Å². The van der Waals surface area contributed by atoms with Gasteiger partial charge in [0, 0.05) is 54.3 Å². The van der Waals surface area contributed by atoms with Crippen molar-refractivity contribution >= 4 is 0 Å². The number of aliphatic hydroxyl groups is 1. The summed E-state index contributed by atoms with van der Waals surface area (Å²) in [6.07, 6.45) is 4.10. The van der Waals surface area contributed by atoms with Crippen LogP contribution in [0.5, 0.6) is 11.5 Å². The minimum absolute atomic E-state index is 0.00711. The Morgan fingerprint density at radius 3 is 2.74 bits per heavy atom. The zero-order chi connectivity index (χ0) is 31.4. The van der Waals surface area contributed by atoms with Gasteiger partial charge >= 0.3 is 0 Å². The maximum absolute atomic E-state index is 12.7. The third-order valence-electron chi connectivity index (χ3n) is 11.1. The first-order valence-electron chi connectivity index (χ1n) is 17.3. The molecular formula is C29H41NO4. The number of phenolic OH excluding ortho intramolecular Hbond substituents is 1. The topological polar surface area (TPSA) is 62.2 Å². The molecule has 1 aromatic carbocycles. The Morgan fingerprint density at radius 1 is 1.24 bits per heavy atom. The zero-order valence-electron chi connectivity index (χ0n) is 29.0. The predicted octanol–water partition coefficient (Wildman–Crippen LogP) is 4.41. The van der Waals surface area contributed by atoms with Crippen LogP contribution >= 0.6 is 0 Å². The van der Waals surface area contributed by atoms with Gasteiger partial charge in [-0.1, -0.05) is 26.6 Å². The van der Waals surface area contributed by atoms with Crippen LogP contribution in [0.15, 0.2) is 12.1 Å². The molecule has 5 aliphatic carbocycles. The Labute approximate surface area is 216 Å². The molecule has 8 rings (SSSR count). The molecule has 4 bridgehead atoms. The first-order valence-corrected chi connectivity index (χ1v) is 12.8. The summed E-state index contributed by atoms with van der Waals surface area (Å²) in [4.78, 5) is 2.52. The number of aromatic hydroxyl groups is 1. The van der Waals surface area contributed by atoms with E-state index in [0.29, 0.717) is 37.4 Å². The number of likely N-dealkylation sites (tertiary alicyclic amines) is 1. The van der Waals surface area contributed by atoms with E-state index < -0.39 is 60.0 Å². The molecule has 5 fully saturated rings. The van der Waals surface area contributed by atoms with E-state index in [1.165, 1.54) is 20.0 Å². The van der Waals surface area contributed by atoms with Crippen LogP contribution in [0.1, 0.15) is 89.5 Å². The number of benzene rings is 1. The molecule has 2 aliphatic heterocycles. The highest BCUT2D eigenvalue weighted by Gasteiger charge is 2.82. The molecule has 0 radical (unpaired) electrons. The largest absolute Gasteiger partial charge is 0.504 e. The highest BCUT2D eigenvalue weighted by atomic mass is 16.6. The fourth-order valence-electron chi connectivity index (χ4n) is 9.32. The lowest BCUT2D eigenvalue weighted by Crippen LogP contribution is -2.83. The highest BCUT2D eigenvalue weighted by molar-refractivity contribution is 5.63. The van der Waals surface area contributed by atoms with E-state index in [9.17, 15) is 10.2 Å². The number of rotatable bonds is 4. The Kier molecular flexibility index (Phi) is 2.69. The van der Waals surface area contributed by atoms with Crippen LogP contribution in [0, 0.1) is 22.7 Å². The molecule has 2 spiro atoms. The van der Waals surface area contributed by atoms with E-state index in [0.717, 1.165) is 31.1 Å². The van der Waals surface area contributed by atoms with E-state index in [-0.39, 0.29) is 18.2 Å². The number of piperidine rings is 1. The first-order chi connectivity index (χ1) is 19.8. The van der Waals surface area contributed by atoms with Gasteiger partial charge in [-0.2, -0.15) is 0 Å². The van der Waals surface area contributed by atoms with Gasteiger partial charge in [-0.15, -0.1) is 0 Å². The predicted molar refractivity (Wildman–Crippen MR) is 130 cm³/mol. The van der Waals surface area contributed by atoms with Gasteiger partial charge in [-0.25, -0.2) is 0 Å². The summed E-state index contributed by atoms with van der Waals surface area (Å²) in [6.45, 7) is -7.92. The van der Waals surface area contributed by atoms with E-state index in [1.54, 1.807) is 6.07 Å². The molecule has 186 valence electrons. The van der Waals surface area contributed by atoms with Crippen molar-refractivity contribution in [1.29, 1.82) is 0 Å². The van der Waals surface area contributed by atoms with Gasteiger partial charge in [0.1, 0.15) is 11.7 Å². The minimum atomic E-state index is -3.58. The van der Waals surface area contributed by atoms with Gasteiger partial charge in [0.05, 0.1) is 5.60 Å². The summed E-state index contributed by atoms with van der Waals surface area (Å²) >= 11 is 0. The van der Waals surface area contributed by atoms with Gasteiger partial charge in [0.25, 0.3) is 0 Å². The molecule has 1 aromatic rings. The second-order valence-corrected chi connectivity index (χ2v) is 12.3. The van der Waals surface area contributed by atoms with Crippen LogP contribution in [0.4, 0.5) is 0 Å².